The molecule has 0 bridgehead atoms. The summed E-state index contributed by atoms with van der Waals surface area (Å²) in [7, 11) is 0. The summed E-state index contributed by atoms with van der Waals surface area (Å²) in [5.41, 5.74) is 1.94. The highest BCUT2D eigenvalue weighted by Gasteiger charge is 2.18. The Bertz CT molecular complexity index is 647. The van der Waals surface area contributed by atoms with Crippen LogP contribution in [-0.4, -0.2) is 48.0 Å². The van der Waals surface area contributed by atoms with Crippen molar-refractivity contribution in [2.45, 2.75) is 12.6 Å². The zero-order valence-corrected chi connectivity index (χ0v) is 13.6. The van der Waals surface area contributed by atoms with Crippen LogP contribution in [0.5, 0.6) is 11.5 Å². The lowest BCUT2D eigenvalue weighted by molar-refractivity contribution is 0.0950. The highest BCUT2D eigenvalue weighted by Crippen LogP contribution is 2.32. The van der Waals surface area contributed by atoms with Gasteiger partial charge in [0.25, 0.3) is 0 Å². The van der Waals surface area contributed by atoms with Gasteiger partial charge in [0.1, 0.15) is 13.2 Å². The van der Waals surface area contributed by atoms with Crippen molar-refractivity contribution in [3.63, 3.8) is 0 Å². The lowest BCUT2D eigenvalue weighted by atomic mass is 10.1. The second kappa shape index (κ2) is 8.15. The van der Waals surface area contributed by atoms with Gasteiger partial charge >= 0.3 is 0 Å². The topological polar surface area (TPSA) is 62.2 Å². The molecule has 0 aliphatic carbocycles. The highest BCUT2D eigenvalue weighted by atomic mass is 16.6. The van der Waals surface area contributed by atoms with Gasteiger partial charge in [-0.2, -0.15) is 0 Å². The number of nitrogens with zero attached hydrogens (tertiary/aromatic N) is 1. The third-order valence-corrected chi connectivity index (χ3v) is 4.05. The van der Waals surface area contributed by atoms with Gasteiger partial charge in [0.05, 0.1) is 12.7 Å². The summed E-state index contributed by atoms with van der Waals surface area (Å²) in [5.74, 6) is 1.39. The molecule has 24 heavy (non-hydrogen) atoms. The molecular weight excluding hydrogens is 306 g/mol. The van der Waals surface area contributed by atoms with E-state index in [9.17, 15) is 10.2 Å². The van der Waals surface area contributed by atoms with Crippen molar-refractivity contribution >= 4 is 0 Å². The lowest BCUT2D eigenvalue weighted by Gasteiger charge is -2.25. The number of hydrogen-bond acceptors (Lipinski definition) is 5. The molecule has 128 valence electrons. The Hall–Kier alpha value is -2.08. The molecule has 1 heterocycles. The molecule has 1 atom stereocenters. The average Bonchev–Trinajstić information content (AvgIpc) is 2.62. The summed E-state index contributed by atoms with van der Waals surface area (Å²) in [4.78, 5) is 2.04. The number of rotatable bonds is 7. The average molecular weight is 329 g/mol. The van der Waals surface area contributed by atoms with Gasteiger partial charge in [0.15, 0.2) is 11.5 Å². The zero-order chi connectivity index (χ0) is 16.8. The summed E-state index contributed by atoms with van der Waals surface area (Å²) in [5, 5.41) is 19.9. The van der Waals surface area contributed by atoms with Crippen LogP contribution >= 0.6 is 0 Å². The predicted octanol–water partition coefficient (Wildman–Crippen LogP) is 1.99. The minimum Gasteiger partial charge on any atom is -0.486 e. The van der Waals surface area contributed by atoms with E-state index in [1.807, 2.05) is 53.4 Å². The van der Waals surface area contributed by atoms with Crippen LogP contribution in [-0.2, 0) is 6.54 Å². The van der Waals surface area contributed by atoms with Gasteiger partial charge in [-0.05, 0) is 23.3 Å². The normalized spacial score (nSPS) is 14.6. The highest BCUT2D eigenvalue weighted by molar-refractivity contribution is 5.44. The van der Waals surface area contributed by atoms with E-state index in [2.05, 4.69) is 0 Å². The third kappa shape index (κ3) is 4.26. The van der Waals surface area contributed by atoms with E-state index in [1.54, 1.807) is 0 Å². The van der Waals surface area contributed by atoms with Crippen LogP contribution in [0.1, 0.15) is 17.2 Å². The molecule has 0 saturated heterocycles. The van der Waals surface area contributed by atoms with Crippen LogP contribution in [0.3, 0.4) is 0 Å². The van der Waals surface area contributed by atoms with Crippen molar-refractivity contribution in [1.82, 2.24) is 4.90 Å². The molecule has 0 radical (unpaired) electrons. The summed E-state index contributed by atoms with van der Waals surface area (Å²) >= 11 is 0. The number of fused-ring (bicyclic) bond motifs is 1. The van der Waals surface area contributed by atoms with E-state index in [1.165, 1.54) is 0 Å². The second-order valence-corrected chi connectivity index (χ2v) is 5.86. The first-order chi connectivity index (χ1) is 11.8. The summed E-state index contributed by atoms with van der Waals surface area (Å²) < 4.78 is 11.1. The van der Waals surface area contributed by atoms with E-state index >= 15 is 0 Å². The van der Waals surface area contributed by atoms with Gasteiger partial charge in [-0.25, -0.2) is 0 Å². The quantitative estimate of drug-likeness (QED) is 0.813. The molecule has 1 unspecified atom stereocenters. The number of benzene rings is 2. The van der Waals surface area contributed by atoms with Crippen LogP contribution in [0.4, 0.5) is 0 Å². The second-order valence-electron chi connectivity index (χ2n) is 5.86. The lowest BCUT2D eigenvalue weighted by Crippen LogP contribution is -2.31. The monoisotopic (exact) mass is 329 g/mol. The Morgan fingerprint density at radius 3 is 2.50 bits per heavy atom. The van der Waals surface area contributed by atoms with Crippen molar-refractivity contribution in [3.8, 4) is 11.5 Å². The van der Waals surface area contributed by atoms with Crippen LogP contribution in [0.2, 0.25) is 0 Å². The Morgan fingerprint density at radius 2 is 1.75 bits per heavy atom. The molecule has 0 fully saturated rings. The first kappa shape index (κ1) is 16.8. The van der Waals surface area contributed by atoms with Gasteiger partial charge in [0, 0.05) is 19.6 Å². The van der Waals surface area contributed by atoms with E-state index in [0.29, 0.717) is 44.3 Å². The molecule has 1 aliphatic heterocycles. The molecule has 0 saturated carbocycles. The van der Waals surface area contributed by atoms with Crippen LogP contribution in [0.15, 0.2) is 48.5 Å². The molecule has 2 aromatic carbocycles. The summed E-state index contributed by atoms with van der Waals surface area (Å²) in [6, 6.07) is 15.6. The van der Waals surface area contributed by atoms with E-state index in [-0.39, 0.29) is 6.61 Å². The molecule has 0 aromatic heterocycles. The Kier molecular flexibility index (Phi) is 5.69. The SMILES string of the molecule is OCCN(Cc1ccccc1)CC(O)c1ccc2c(c1)OCCO2. The van der Waals surface area contributed by atoms with E-state index in [4.69, 9.17) is 9.47 Å². The van der Waals surface area contributed by atoms with Crippen LogP contribution in [0.25, 0.3) is 0 Å². The fourth-order valence-corrected chi connectivity index (χ4v) is 2.84. The molecule has 3 rings (SSSR count). The number of ether oxygens (including phenoxy) is 2. The number of aliphatic hydroxyl groups is 2. The summed E-state index contributed by atoms with van der Waals surface area (Å²) in [6.45, 7) is 2.77. The van der Waals surface area contributed by atoms with E-state index < -0.39 is 6.10 Å². The first-order valence-electron chi connectivity index (χ1n) is 8.21. The maximum absolute atomic E-state index is 10.6. The van der Waals surface area contributed by atoms with Gasteiger partial charge in [-0.15, -0.1) is 0 Å². The van der Waals surface area contributed by atoms with Crippen molar-refractivity contribution in [2.24, 2.45) is 0 Å². The Labute approximate surface area is 142 Å². The molecule has 2 N–H and O–H groups in total. The molecule has 2 aromatic rings. The van der Waals surface area contributed by atoms with Crippen LogP contribution in [0, 0.1) is 0 Å². The largest absolute Gasteiger partial charge is 0.486 e. The zero-order valence-electron chi connectivity index (χ0n) is 13.6. The van der Waals surface area contributed by atoms with Crippen molar-refractivity contribution < 1.29 is 19.7 Å². The maximum atomic E-state index is 10.6. The molecule has 0 spiro atoms. The Balaban J connectivity index is 1.67. The van der Waals surface area contributed by atoms with E-state index in [0.717, 1.165) is 11.1 Å². The van der Waals surface area contributed by atoms with Gasteiger partial charge in [0.2, 0.25) is 0 Å². The molecule has 5 heteroatoms. The fraction of sp³-hybridized carbons (Fsp3) is 0.368. The first-order valence-corrected chi connectivity index (χ1v) is 8.21. The number of aliphatic hydroxyl groups excluding tert-OH is 2. The molecule has 0 amide bonds. The smallest absolute Gasteiger partial charge is 0.161 e. The maximum Gasteiger partial charge on any atom is 0.161 e. The summed E-state index contributed by atoms with van der Waals surface area (Å²) in [6.07, 6.45) is -0.656. The van der Waals surface area contributed by atoms with Crippen molar-refractivity contribution in [3.05, 3.63) is 59.7 Å². The van der Waals surface area contributed by atoms with Gasteiger partial charge < -0.3 is 19.7 Å². The third-order valence-electron chi connectivity index (χ3n) is 4.05. The standard InChI is InChI=1S/C19H23NO4/c21-9-8-20(13-15-4-2-1-3-5-15)14-17(22)16-6-7-18-19(12-16)24-11-10-23-18/h1-7,12,17,21-22H,8-11,13-14H2. The van der Waals surface area contributed by atoms with Gasteiger partial charge in [-0.3, -0.25) is 4.90 Å². The molecule has 1 aliphatic rings. The fourth-order valence-electron chi connectivity index (χ4n) is 2.84. The minimum atomic E-state index is -0.656. The molecular formula is C19H23NO4. The van der Waals surface area contributed by atoms with Crippen LogP contribution < -0.4 is 9.47 Å². The van der Waals surface area contributed by atoms with Crippen molar-refractivity contribution in [2.75, 3.05) is 32.9 Å². The van der Waals surface area contributed by atoms with Crippen molar-refractivity contribution in [1.29, 1.82) is 0 Å². The van der Waals surface area contributed by atoms with Gasteiger partial charge in [-0.1, -0.05) is 36.4 Å². The minimum absolute atomic E-state index is 0.0562. The Morgan fingerprint density at radius 1 is 1.00 bits per heavy atom. The predicted molar refractivity (Wildman–Crippen MR) is 91.2 cm³/mol. The molecule has 5 nitrogen and oxygen atoms in total. The number of hydrogen-bond donors (Lipinski definition) is 2.